The summed E-state index contributed by atoms with van der Waals surface area (Å²) in [5.41, 5.74) is 7.61. The average molecular weight is 246 g/mol. The summed E-state index contributed by atoms with van der Waals surface area (Å²) in [4.78, 5) is 12.4. The van der Waals surface area contributed by atoms with Crippen molar-refractivity contribution in [2.75, 3.05) is 11.9 Å². The van der Waals surface area contributed by atoms with Gasteiger partial charge in [-0.15, -0.1) is 0 Å². The molecule has 1 aliphatic rings. The lowest BCUT2D eigenvalue weighted by Gasteiger charge is -2.26. The fourth-order valence-corrected chi connectivity index (χ4v) is 2.78. The topological polar surface area (TPSA) is 55.1 Å². The smallest absolute Gasteiger partial charge is 0.231 e. The molecular weight excluding hydrogens is 224 g/mol. The summed E-state index contributed by atoms with van der Waals surface area (Å²) in [7, 11) is 0. The molecular formula is C15H22N2O. The van der Waals surface area contributed by atoms with E-state index in [9.17, 15) is 4.79 Å². The van der Waals surface area contributed by atoms with Gasteiger partial charge in [0.2, 0.25) is 5.91 Å². The van der Waals surface area contributed by atoms with Crippen molar-refractivity contribution in [1.29, 1.82) is 0 Å². The van der Waals surface area contributed by atoms with Crippen LogP contribution in [0.15, 0.2) is 24.3 Å². The third kappa shape index (κ3) is 2.41. The van der Waals surface area contributed by atoms with Crippen LogP contribution in [0.3, 0.4) is 0 Å². The molecule has 1 aliphatic carbocycles. The Hall–Kier alpha value is -1.35. The van der Waals surface area contributed by atoms with Crippen LogP contribution in [0.1, 0.15) is 38.2 Å². The van der Waals surface area contributed by atoms with Gasteiger partial charge in [-0.1, -0.05) is 38.0 Å². The fourth-order valence-electron chi connectivity index (χ4n) is 2.78. The maximum absolute atomic E-state index is 12.4. The van der Waals surface area contributed by atoms with Crippen LogP contribution in [0.4, 0.5) is 5.69 Å². The summed E-state index contributed by atoms with van der Waals surface area (Å²) >= 11 is 0. The number of carbonyl (C=O) groups is 1. The minimum atomic E-state index is -0.332. The lowest BCUT2D eigenvalue weighted by Crippen LogP contribution is -2.40. The molecule has 1 saturated carbocycles. The molecule has 1 aromatic carbocycles. The predicted octanol–water partition coefficient (Wildman–Crippen LogP) is 2.71. The number of amides is 1. The lowest BCUT2D eigenvalue weighted by molar-refractivity contribution is -0.124. The van der Waals surface area contributed by atoms with Gasteiger partial charge in [0.1, 0.15) is 0 Å². The molecule has 0 saturated heterocycles. The number of nitrogens with two attached hydrogens (primary N) is 1. The summed E-state index contributed by atoms with van der Waals surface area (Å²) in [5.74, 6) is 0.100. The van der Waals surface area contributed by atoms with E-state index in [2.05, 4.69) is 18.3 Å². The Kier molecular flexibility index (Phi) is 4.02. The quantitative estimate of drug-likeness (QED) is 0.858. The average Bonchev–Trinajstić information content (AvgIpc) is 2.89. The number of hydrogen-bond donors (Lipinski definition) is 2. The Morgan fingerprint density at radius 1 is 1.33 bits per heavy atom. The van der Waals surface area contributed by atoms with E-state index in [4.69, 9.17) is 5.73 Å². The third-order valence-corrected chi connectivity index (χ3v) is 4.08. The predicted molar refractivity (Wildman–Crippen MR) is 74.4 cm³/mol. The second kappa shape index (κ2) is 5.53. The SMILES string of the molecule is CCc1ccccc1NC(=O)C1(CN)CCCC1. The van der Waals surface area contributed by atoms with E-state index < -0.39 is 0 Å². The van der Waals surface area contributed by atoms with Crippen molar-refractivity contribution in [2.24, 2.45) is 11.1 Å². The normalized spacial score (nSPS) is 17.7. The van der Waals surface area contributed by atoms with E-state index in [0.717, 1.165) is 37.8 Å². The highest BCUT2D eigenvalue weighted by Crippen LogP contribution is 2.38. The van der Waals surface area contributed by atoms with E-state index in [0.29, 0.717) is 6.54 Å². The molecule has 3 nitrogen and oxygen atoms in total. The van der Waals surface area contributed by atoms with Crippen molar-refractivity contribution in [3.05, 3.63) is 29.8 Å². The van der Waals surface area contributed by atoms with Crippen molar-refractivity contribution in [3.63, 3.8) is 0 Å². The molecule has 0 atom stereocenters. The van der Waals surface area contributed by atoms with Gasteiger partial charge in [-0.05, 0) is 30.9 Å². The number of hydrogen-bond acceptors (Lipinski definition) is 2. The second-order valence-electron chi connectivity index (χ2n) is 5.16. The Balaban J connectivity index is 2.15. The number of aryl methyl sites for hydroxylation is 1. The molecule has 0 aromatic heterocycles. The highest BCUT2D eigenvalue weighted by Gasteiger charge is 2.39. The molecule has 98 valence electrons. The molecule has 0 aliphatic heterocycles. The van der Waals surface area contributed by atoms with Crippen LogP contribution in [-0.2, 0) is 11.2 Å². The lowest BCUT2D eigenvalue weighted by atomic mass is 9.85. The molecule has 2 rings (SSSR count). The Labute approximate surface area is 109 Å². The third-order valence-electron chi connectivity index (χ3n) is 4.08. The number of benzene rings is 1. The standard InChI is InChI=1S/C15H22N2O/c1-2-12-7-3-4-8-13(12)17-14(18)15(11-16)9-5-6-10-15/h3-4,7-8H,2,5-6,9-11,16H2,1H3,(H,17,18). The first-order chi connectivity index (χ1) is 8.72. The Morgan fingerprint density at radius 3 is 2.61 bits per heavy atom. The molecule has 0 radical (unpaired) electrons. The van der Waals surface area contributed by atoms with Crippen LogP contribution in [0.25, 0.3) is 0 Å². The summed E-state index contributed by atoms with van der Waals surface area (Å²) in [6.07, 6.45) is 4.99. The first-order valence-corrected chi connectivity index (χ1v) is 6.81. The van der Waals surface area contributed by atoms with Gasteiger partial charge < -0.3 is 11.1 Å². The van der Waals surface area contributed by atoms with Gasteiger partial charge in [0.05, 0.1) is 5.41 Å². The van der Waals surface area contributed by atoms with Crippen molar-refractivity contribution in [3.8, 4) is 0 Å². The first kappa shape index (κ1) is 13.1. The number of anilines is 1. The summed E-state index contributed by atoms with van der Waals surface area (Å²) < 4.78 is 0. The van der Waals surface area contributed by atoms with Gasteiger partial charge in [0.15, 0.2) is 0 Å². The molecule has 0 heterocycles. The van der Waals surface area contributed by atoms with Gasteiger partial charge >= 0.3 is 0 Å². The van der Waals surface area contributed by atoms with Crippen molar-refractivity contribution in [2.45, 2.75) is 39.0 Å². The summed E-state index contributed by atoms with van der Waals surface area (Å²) in [5, 5.41) is 3.08. The molecule has 18 heavy (non-hydrogen) atoms. The van der Waals surface area contributed by atoms with Crippen LogP contribution >= 0.6 is 0 Å². The Morgan fingerprint density at radius 2 is 2.00 bits per heavy atom. The van der Waals surface area contributed by atoms with Gasteiger partial charge in [0, 0.05) is 12.2 Å². The largest absolute Gasteiger partial charge is 0.329 e. The van der Waals surface area contributed by atoms with Crippen LogP contribution in [0.2, 0.25) is 0 Å². The van der Waals surface area contributed by atoms with E-state index in [1.807, 2.05) is 18.2 Å². The second-order valence-corrected chi connectivity index (χ2v) is 5.16. The van der Waals surface area contributed by atoms with Crippen molar-refractivity contribution in [1.82, 2.24) is 0 Å². The maximum atomic E-state index is 12.4. The number of carbonyl (C=O) groups excluding carboxylic acids is 1. The van der Waals surface area contributed by atoms with E-state index >= 15 is 0 Å². The molecule has 0 unspecified atom stereocenters. The fraction of sp³-hybridized carbons (Fsp3) is 0.533. The molecule has 3 heteroatoms. The van der Waals surface area contributed by atoms with Crippen molar-refractivity contribution >= 4 is 11.6 Å². The van der Waals surface area contributed by atoms with Gasteiger partial charge in [0.25, 0.3) is 0 Å². The van der Waals surface area contributed by atoms with Crippen LogP contribution in [0, 0.1) is 5.41 Å². The Bertz CT molecular complexity index is 422. The first-order valence-electron chi connectivity index (χ1n) is 6.81. The summed E-state index contributed by atoms with van der Waals surface area (Å²) in [6.45, 7) is 2.55. The number of rotatable bonds is 4. The molecule has 1 amide bonds. The highest BCUT2D eigenvalue weighted by atomic mass is 16.2. The van der Waals surface area contributed by atoms with Crippen LogP contribution in [-0.4, -0.2) is 12.5 Å². The zero-order valence-electron chi connectivity index (χ0n) is 11.0. The maximum Gasteiger partial charge on any atom is 0.231 e. The zero-order valence-corrected chi connectivity index (χ0v) is 11.0. The minimum Gasteiger partial charge on any atom is -0.329 e. The van der Waals surface area contributed by atoms with E-state index in [1.165, 1.54) is 5.56 Å². The molecule has 3 N–H and O–H groups in total. The molecule has 0 spiro atoms. The van der Waals surface area contributed by atoms with Gasteiger partial charge in [-0.25, -0.2) is 0 Å². The van der Waals surface area contributed by atoms with Crippen molar-refractivity contribution < 1.29 is 4.79 Å². The molecule has 1 aromatic rings. The number of para-hydroxylation sites is 1. The number of nitrogens with one attached hydrogen (secondary N) is 1. The van der Waals surface area contributed by atoms with E-state index in [-0.39, 0.29) is 11.3 Å². The highest BCUT2D eigenvalue weighted by molar-refractivity contribution is 5.96. The molecule has 1 fully saturated rings. The minimum absolute atomic E-state index is 0.100. The van der Waals surface area contributed by atoms with Crippen LogP contribution in [0.5, 0.6) is 0 Å². The monoisotopic (exact) mass is 246 g/mol. The van der Waals surface area contributed by atoms with E-state index in [1.54, 1.807) is 0 Å². The zero-order chi connectivity index (χ0) is 13.0. The molecule has 0 bridgehead atoms. The van der Waals surface area contributed by atoms with Gasteiger partial charge in [-0.2, -0.15) is 0 Å². The van der Waals surface area contributed by atoms with Crippen LogP contribution < -0.4 is 11.1 Å². The van der Waals surface area contributed by atoms with Gasteiger partial charge in [-0.3, -0.25) is 4.79 Å². The summed E-state index contributed by atoms with van der Waals surface area (Å²) in [6, 6.07) is 7.98.